The number of hydrogen-bond acceptors (Lipinski definition) is 2. The molecule has 0 atom stereocenters. The monoisotopic (exact) mass is 423 g/mol. The summed E-state index contributed by atoms with van der Waals surface area (Å²) < 4.78 is 28.4. The smallest absolute Gasteiger partial charge is 0.261 e. The van der Waals surface area contributed by atoms with Crippen LogP contribution in [-0.2, 0) is 10.0 Å². The van der Waals surface area contributed by atoms with Gasteiger partial charge >= 0.3 is 0 Å². The molecule has 0 spiro atoms. The van der Waals surface area contributed by atoms with Crippen LogP contribution in [0.25, 0.3) is 0 Å². The molecule has 0 aliphatic heterocycles. The Morgan fingerprint density at radius 1 is 0.947 bits per heavy atom. The van der Waals surface area contributed by atoms with Crippen LogP contribution < -0.4 is 4.72 Å². The molecule has 0 fully saturated rings. The molecule has 7 heteroatoms. The molecule has 1 N–H and O–H groups in total. The molecule has 0 saturated heterocycles. The number of nitrogens with one attached hydrogen (secondary N) is 1. The van der Waals surface area contributed by atoms with Crippen molar-refractivity contribution < 1.29 is 8.42 Å². The Balaban J connectivity index is 2.33. The zero-order valence-electron chi connectivity index (χ0n) is 9.40. The van der Waals surface area contributed by atoms with Crippen LogP contribution in [0, 0.1) is 0 Å². The molecule has 0 radical (unpaired) electrons. The van der Waals surface area contributed by atoms with Crippen molar-refractivity contribution in [2.45, 2.75) is 4.90 Å². The molecular formula is C12H8Br2ClNO2S. The number of anilines is 1. The first-order valence-electron chi connectivity index (χ1n) is 5.12. The Morgan fingerprint density at radius 3 is 2.11 bits per heavy atom. The average Bonchev–Trinajstić information content (AvgIpc) is 2.33. The van der Waals surface area contributed by atoms with Gasteiger partial charge in [-0.15, -0.1) is 0 Å². The van der Waals surface area contributed by atoms with Crippen LogP contribution in [0.5, 0.6) is 0 Å². The van der Waals surface area contributed by atoms with Gasteiger partial charge in [-0.1, -0.05) is 43.5 Å². The zero-order valence-corrected chi connectivity index (χ0v) is 14.1. The minimum absolute atomic E-state index is 0.176. The van der Waals surface area contributed by atoms with Crippen molar-refractivity contribution >= 4 is 59.2 Å². The van der Waals surface area contributed by atoms with Gasteiger partial charge in [0, 0.05) is 8.95 Å². The summed E-state index contributed by atoms with van der Waals surface area (Å²) in [6.07, 6.45) is 0. The van der Waals surface area contributed by atoms with Crippen molar-refractivity contribution in [1.29, 1.82) is 0 Å². The van der Waals surface area contributed by atoms with Gasteiger partial charge in [-0.25, -0.2) is 8.42 Å². The van der Waals surface area contributed by atoms with E-state index >= 15 is 0 Å². The second-order valence-electron chi connectivity index (χ2n) is 3.68. The number of benzene rings is 2. The summed E-state index contributed by atoms with van der Waals surface area (Å²) >= 11 is 12.5. The molecule has 0 aliphatic carbocycles. The molecule has 0 bridgehead atoms. The largest absolute Gasteiger partial charge is 0.278 e. The Morgan fingerprint density at radius 2 is 1.53 bits per heavy atom. The highest BCUT2D eigenvalue weighted by Crippen LogP contribution is 2.28. The average molecular weight is 426 g/mol. The predicted molar refractivity (Wildman–Crippen MR) is 84.1 cm³/mol. The van der Waals surface area contributed by atoms with Gasteiger partial charge in [-0.05, 0) is 42.5 Å². The first-order valence-corrected chi connectivity index (χ1v) is 8.57. The van der Waals surface area contributed by atoms with Gasteiger partial charge in [0.2, 0.25) is 0 Å². The van der Waals surface area contributed by atoms with E-state index in [-0.39, 0.29) is 4.90 Å². The molecule has 0 unspecified atom stereocenters. The lowest BCUT2D eigenvalue weighted by atomic mass is 10.3. The lowest BCUT2D eigenvalue weighted by molar-refractivity contribution is 0.601. The fraction of sp³-hybridized carbons (Fsp3) is 0. The fourth-order valence-corrected chi connectivity index (χ4v) is 3.51. The molecule has 0 amide bonds. The minimum atomic E-state index is -3.64. The van der Waals surface area contributed by atoms with Gasteiger partial charge < -0.3 is 0 Å². The maximum absolute atomic E-state index is 12.2. The number of rotatable bonds is 3. The lowest BCUT2D eigenvalue weighted by Gasteiger charge is -2.10. The minimum Gasteiger partial charge on any atom is -0.278 e. The molecule has 0 saturated carbocycles. The molecule has 2 aromatic rings. The van der Waals surface area contributed by atoms with Crippen molar-refractivity contribution in [1.82, 2.24) is 0 Å². The topological polar surface area (TPSA) is 46.2 Å². The van der Waals surface area contributed by atoms with Crippen LogP contribution >= 0.6 is 43.5 Å². The molecule has 2 rings (SSSR count). The third-order valence-corrected chi connectivity index (χ3v) is 5.02. The van der Waals surface area contributed by atoms with E-state index in [1.165, 1.54) is 12.1 Å². The Hall–Kier alpha value is -0.560. The molecule has 19 heavy (non-hydrogen) atoms. The molecule has 0 heterocycles. The van der Waals surface area contributed by atoms with Gasteiger partial charge in [-0.3, -0.25) is 4.72 Å². The zero-order chi connectivity index (χ0) is 14.0. The van der Waals surface area contributed by atoms with E-state index in [1.807, 2.05) is 0 Å². The molecule has 100 valence electrons. The SMILES string of the molecule is O=S(=O)(Nc1ccc(Br)cc1Cl)c1ccc(Br)cc1. The molecular weight excluding hydrogens is 417 g/mol. The van der Waals surface area contributed by atoms with Crippen LogP contribution in [0.1, 0.15) is 0 Å². The van der Waals surface area contributed by atoms with Crippen LogP contribution in [0.3, 0.4) is 0 Å². The van der Waals surface area contributed by atoms with E-state index in [0.29, 0.717) is 10.7 Å². The van der Waals surface area contributed by atoms with Crippen LogP contribution in [0.15, 0.2) is 56.3 Å². The van der Waals surface area contributed by atoms with E-state index in [9.17, 15) is 8.42 Å². The molecule has 0 aromatic heterocycles. The lowest BCUT2D eigenvalue weighted by Crippen LogP contribution is -2.13. The highest BCUT2D eigenvalue weighted by molar-refractivity contribution is 9.10. The van der Waals surface area contributed by atoms with Gasteiger partial charge in [0.15, 0.2) is 0 Å². The van der Waals surface area contributed by atoms with Crippen LogP contribution in [0.2, 0.25) is 5.02 Å². The van der Waals surface area contributed by atoms with E-state index in [4.69, 9.17) is 11.6 Å². The highest BCUT2D eigenvalue weighted by atomic mass is 79.9. The van der Waals surface area contributed by atoms with Crippen molar-refractivity contribution in [3.8, 4) is 0 Å². The van der Waals surface area contributed by atoms with Crippen molar-refractivity contribution in [2.24, 2.45) is 0 Å². The first-order chi connectivity index (χ1) is 8.88. The third kappa shape index (κ3) is 3.72. The van der Waals surface area contributed by atoms with Crippen molar-refractivity contribution in [3.05, 3.63) is 56.4 Å². The van der Waals surface area contributed by atoms with E-state index < -0.39 is 10.0 Å². The van der Waals surface area contributed by atoms with E-state index in [0.717, 1.165) is 8.95 Å². The van der Waals surface area contributed by atoms with Crippen molar-refractivity contribution in [3.63, 3.8) is 0 Å². The van der Waals surface area contributed by atoms with E-state index in [1.54, 1.807) is 30.3 Å². The summed E-state index contributed by atoms with van der Waals surface area (Å²) in [4.78, 5) is 0.176. The standard InChI is InChI=1S/C12H8Br2ClNO2S/c13-8-1-4-10(5-2-8)19(17,18)16-12-6-3-9(14)7-11(12)15/h1-7,16H. The van der Waals surface area contributed by atoms with Gasteiger partial charge in [0.05, 0.1) is 15.6 Å². The number of hydrogen-bond donors (Lipinski definition) is 1. The first kappa shape index (κ1) is 14.8. The molecule has 3 nitrogen and oxygen atoms in total. The second kappa shape index (κ2) is 5.83. The summed E-state index contributed by atoms with van der Waals surface area (Å²) in [7, 11) is -3.64. The Kier molecular flexibility index (Phi) is 4.55. The summed E-state index contributed by atoms with van der Waals surface area (Å²) in [5.74, 6) is 0. The predicted octanol–water partition coefficient (Wildman–Crippen LogP) is 4.67. The maximum atomic E-state index is 12.2. The highest BCUT2D eigenvalue weighted by Gasteiger charge is 2.15. The summed E-state index contributed by atoms with van der Waals surface area (Å²) in [6.45, 7) is 0. The Labute approximate surface area is 133 Å². The summed E-state index contributed by atoms with van der Waals surface area (Å²) in [6, 6.07) is 11.3. The fourth-order valence-electron chi connectivity index (χ4n) is 1.39. The quantitative estimate of drug-likeness (QED) is 0.777. The van der Waals surface area contributed by atoms with E-state index in [2.05, 4.69) is 36.6 Å². The third-order valence-electron chi connectivity index (χ3n) is 2.30. The van der Waals surface area contributed by atoms with Crippen molar-refractivity contribution in [2.75, 3.05) is 4.72 Å². The second-order valence-corrected chi connectivity index (χ2v) is 7.60. The van der Waals surface area contributed by atoms with Crippen LogP contribution in [0.4, 0.5) is 5.69 Å². The maximum Gasteiger partial charge on any atom is 0.261 e. The van der Waals surface area contributed by atoms with Gasteiger partial charge in [0.25, 0.3) is 10.0 Å². The Bertz CT molecular complexity index is 702. The van der Waals surface area contributed by atoms with Gasteiger partial charge in [-0.2, -0.15) is 0 Å². The summed E-state index contributed by atoms with van der Waals surface area (Å²) in [5.41, 5.74) is 0.341. The van der Waals surface area contributed by atoms with Crippen LogP contribution in [-0.4, -0.2) is 8.42 Å². The molecule has 2 aromatic carbocycles. The number of halogens is 3. The molecule has 0 aliphatic rings. The number of sulfonamides is 1. The summed E-state index contributed by atoms with van der Waals surface area (Å²) in [5, 5.41) is 0.329. The van der Waals surface area contributed by atoms with Gasteiger partial charge in [0.1, 0.15) is 0 Å². The normalized spacial score (nSPS) is 11.3.